The van der Waals surface area contributed by atoms with Gasteiger partial charge >= 0.3 is 0 Å². The second kappa shape index (κ2) is 9.25. The number of hydrogen-bond acceptors (Lipinski definition) is 0. The summed E-state index contributed by atoms with van der Waals surface area (Å²) in [7, 11) is 0. The van der Waals surface area contributed by atoms with E-state index in [-0.39, 0.29) is 15.1 Å². The maximum Gasteiger partial charge on any atom is 0.0821 e. The third-order valence-electron chi connectivity index (χ3n) is 4.70. The van der Waals surface area contributed by atoms with Gasteiger partial charge in [-0.1, -0.05) is 76.7 Å². The van der Waals surface area contributed by atoms with Crippen LogP contribution in [0.3, 0.4) is 0 Å². The highest BCUT2D eigenvalue weighted by atomic mass is 79.9. The number of rotatable bonds is 3. The number of benzene rings is 2. The van der Waals surface area contributed by atoms with Gasteiger partial charge in [-0.15, -0.1) is 0 Å². The van der Waals surface area contributed by atoms with E-state index in [0.717, 1.165) is 27.7 Å². The molecular weight excluding hydrogens is 867 g/mol. The standard InChI is InChI=1S/C19H12Br8/c1-8(2-9(21)7-20)19(27)12-5-16(24)14(22)3-10(12)18(26)11-4-15(23)17(25)6-13(11)19/h2-6,8,18H,7H2,1H3/b9-2+. The zero-order chi connectivity index (χ0) is 20.1. The molecule has 2 aromatic rings. The molecule has 0 saturated heterocycles. The molecular formula is C19H12Br8. The molecule has 0 aromatic heterocycles. The summed E-state index contributed by atoms with van der Waals surface area (Å²) in [4.78, 5) is 0.109. The van der Waals surface area contributed by atoms with Crippen LogP contribution in [0.25, 0.3) is 0 Å². The normalized spacial score (nSPS) is 23.0. The Kier molecular flexibility index (Phi) is 8.11. The van der Waals surface area contributed by atoms with Crippen molar-refractivity contribution in [1.82, 2.24) is 0 Å². The summed E-state index contributed by atoms with van der Waals surface area (Å²) in [6.07, 6.45) is 2.26. The predicted molar refractivity (Wildman–Crippen MR) is 144 cm³/mol. The summed E-state index contributed by atoms with van der Waals surface area (Å²) in [5, 5.41) is 0.787. The van der Waals surface area contributed by atoms with E-state index in [1.807, 2.05) is 0 Å². The fourth-order valence-corrected chi connectivity index (χ4v) is 6.98. The van der Waals surface area contributed by atoms with E-state index in [2.05, 4.69) is 165 Å². The maximum absolute atomic E-state index is 4.19. The lowest BCUT2D eigenvalue weighted by molar-refractivity contribution is 0.563. The summed E-state index contributed by atoms with van der Waals surface area (Å²) in [6, 6.07) is 8.83. The highest BCUT2D eigenvalue weighted by Crippen LogP contribution is 2.58. The fraction of sp³-hybridized carbons (Fsp3) is 0.263. The minimum Gasteiger partial charge on any atom is -0.0871 e. The summed E-state index contributed by atoms with van der Waals surface area (Å²) in [5.74, 6) is 0.197. The van der Waals surface area contributed by atoms with Gasteiger partial charge in [0.2, 0.25) is 0 Å². The SMILES string of the molecule is CC(/C=C(/Br)CBr)C1(Br)c2cc(Br)c(Br)cc2C(Br)c2cc(Br)c(Br)cc21. The van der Waals surface area contributed by atoms with Crippen LogP contribution in [0.15, 0.2) is 52.7 Å². The summed E-state index contributed by atoms with van der Waals surface area (Å²) in [5.41, 5.74) is 5.00. The van der Waals surface area contributed by atoms with Crippen LogP contribution in [0.5, 0.6) is 0 Å². The van der Waals surface area contributed by atoms with Crippen LogP contribution in [-0.2, 0) is 4.32 Å². The van der Waals surface area contributed by atoms with Gasteiger partial charge in [0.1, 0.15) is 0 Å². The van der Waals surface area contributed by atoms with Crippen LogP contribution in [0, 0.1) is 5.92 Å². The van der Waals surface area contributed by atoms with Crippen molar-refractivity contribution in [2.75, 3.05) is 5.33 Å². The van der Waals surface area contributed by atoms with Crippen molar-refractivity contribution < 1.29 is 0 Å². The van der Waals surface area contributed by atoms with Crippen LogP contribution in [0.4, 0.5) is 0 Å². The third-order valence-corrected chi connectivity index (χ3v) is 12.9. The van der Waals surface area contributed by atoms with E-state index < -0.39 is 0 Å². The van der Waals surface area contributed by atoms with E-state index in [1.165, 1.54) is 22.3 Å². The Bertz CT molecular complexity index is 874. The van der Waals surface area contributed by atoms with Crippen molar-refractivity contribution in [2.24, 2.45) is 5.92 Å². The molecule has 0 nitrogen and oxygen atoms in total. The molecule has 3 rings (SSSR count). The van der Waals surface area contributed by atoms with E-state index >= 15 is 0 Å². The lowest BCUT2D eigenvalue weighted by atomic mass is 9.72. The molecule has 0 N–H and O–H groups in total. The van der Waals surface area contributed by atoms with E-state index in [9.17, 15) is 0 Å². The molecule has 0 heterocycles. The number of allylic oxidation sites excluding steroid dienone is 2. The van der Waals surface area contributed by atoms with Gasteiger partial charge in [0.05, 0.1) is 9.15 Å². The second-order valence-corrected chi connectivity index (χ2v) is 13.5. The fourth-order valence-electron chi connectivity index (χ4n) is 3.41. The molecule has 0 aliphatic heterocycles. The van der Waals surface area contributed by atoms with E-state index in [1.54, 1.807) is 0 Å². The molecule has 0 fully saturated rings. The average molecular weight is 880 g/mol. The Hall–Kier alpha value is 2.02. The smallest absolute Gasteiger partial charge is 0.0821 e. The molecule has 1 aliphatic rings. The van der Waals surface area contributed by atoms with Gasteiger partial charge in [0.25, 0.3) is 0 Å². The molecule has 0 spiro atoms. The number of halogens is 8. The summed E-state index contributed by atoms with van der Waals surface area (Å²) < 4.78 is 4.94. The Morgan fingerprint density at radius 3 is 1.78 bits per heavy atom. The Labute approximate surface area is 226 Å². The van der Waals surface area contributed by atoms with E-state index in [4.69, 9.17) is 0 Å². The van der Waals surface area contributed by atoms with Gasteiger partial charge in [0, 0.05) is 27.7 Å². The van der Waals surface area contributed by atoms with Gasteiger partial charge < -0.3 is 0 Å². The number of hydrogen-bond donors (Lipinski definition) is 0. The van der Waals surface area contributed by atoms with Gasteiger partial charge in [-0.3, -0.25) is 0 Å². The zero-order valence-corrected chi connectivity index (χ0v) is 26.5. The Balaban J connectivity index is 2.37. The van der Waals surface area contributed by atoms with Crippen LogP contribution in [0.1, 0.15) is 34.0 Å². The molecule has 1 unspecified atom stereocenters. The lowest BCUT2D eigenvalue weighted by Gasteiger charge is -2.42. The topological polar surface area (TPSA) is 0 Å². The molecule has 0 saturated carbocycles. The van der Waals surface area contributed by atoms with Crippen molar-refractivity contribution in [3.63, 3.8) is 0 Å². The maximum atomic E-state index is 4.19. The number of alkyl halides is 3. The molecule has 0 radical (unpaired) electrons. The summed E-state index contributed by atoms with van der Waals surface area (Å²) >= 11 is 30.1. The Morgan fingerprint density at radius 2 is 1.37 bits per heavy atom. The molecule has 1 aliphatic carbocycles. The minimum atomic E-state index is -0.366. The first-order chi connectivity index (χ1) is 12.6. The van der Waals surface area contributed by atoms with Gasteiger partial charge in [-0.25, -0.2) is 0 Å². The van der Waals surface area contributed by atoms with Gasteiger partial charge in [-0.05, 0) is 116 Å². The minimum absolute atomic E-state index is 0.109. The first kappa shape index (κ1) is 23.7. The van der Waals surface area contributed by atoms with Crippen LogP contribution < -0.4 is 0 Å². The Morgan fingerprint density at radius 1 is 0.963 bits per heavy atom. The van der Waals surface area contributed by atoms with Crippen molar-refractivity contribution in [3.05, 3.63) is 75.0 Å². The van der Waals surface area contributed by atoms with Crippen molar-refractivity contribution in [1.29, 1.82) is 0 Å². The molecule has 27 heavy (non-hydrogen) atoms. The molecule has 0 amide bonds. The third kappa shape index (κ3) is 4.35. The first-order valence-corrected chi connectivity index (χ1v) is 14.6. The lowest BCUT2D eigenvalue weighted by Crippen LogP contribution is -2.34. The van der Waals surface area contributed by atoms with Crippen LogP contribution in [-0.4, -0.2) is 5.33 Å². The quantitative estimate of drug-likeness (QED) is 0.270. The van der Waals surface area contributed by atoms with Crippen molar-refractivity contribution >= 4 is 127 Å². The van der Waals surface area contributed by atoms with Crippen LogP contribution in [0.2, 0.25) is 0 Å². The zero-order valence-electron chi connectivity index (χ0n) is 13.8. The second-order valence-electron chi connectivity index (χ2n) is 6.32. The number of fused-ring (bicyclic) bond motifs is 2. The highest BCUT2D eigenvalue weighted by Gasteiger charge is 2.45. The largest absolute Gasteiger partial charge is 0.0871 e. The van der Waals surface area contributed by atoms with Crippen molar-refractivity contribution in [2.45, 2.75) is 16.1 Å². The molecule has 0 bridgehead atoms. The van der Waals surface area contributed by atoms with Crippen molar-refractivity contribution in [3.8, 4) is 0 Å². The predicted octanol–water partition coefficient (Wildman–Crippen LogP) is 10.5. The van der Waals surface area contributed by atoms with Crippen LogP contribution >= 0.6 is 127 Å². The molecule has 8 heteroatoms. The molecule has 144 valence electrons. The van der Waals surface area contributed by atoms with Gasteiger partial charge in [-0.2, -0.15) is 0 Å². The average Bonchev–Trinajstić information content (AvgIpc) is 2.62. The molecule has 2 aromatic carbocycles. The molecule has 1 atom stereocenters. The first-order valence-electron chi connectivity index (χ1n) is 7.85. The summed E-state index contributed by atoms with van der Waals surface area (Å²) in [6.45, 7) is 2.24. The van der Waals surface area contributed by atoms with E-state index in [0.29, 0.717) is 0 Å². The monoisotopic (exact) mass is 871 g/mol. The highest BCUT2D eigenvalue weighted by molar-refractivity contribution is 9.14. The van der Waals surface area contributed by atoms with Gasteiger partial charge in [0.15, 0.2) is 0 Å².